The Hall–Kier alpha value is -1.67. The molecular formula is C17H20N2. The molecule has 2 atom stereocenters. The van der Waals surface area contributed by atoms with E-state index < -0.39 is 0 Å². The van der Waals surface area contributed by atoms with Crippen molar-refractivity contribution < 1.29 is 0 Å². The molecule has 1 aliphatic rings. The van der Waals surface area contributed by atoms with E-state index in [0.717, 1.165) is 12.1 Å². The van der Waals surface area contributed by atoms with E-state index in [0.29, 0.717) is 12.0 Å². The molecule has 98 valence electrons. The smallest absolute Gasteiger partial charge is 0.0375 e. The van der Waals surface area contributed by atoms with Crippen molar-refractivity contribution in [2.24, 2.45) is 0 Å². The molecule has 1 N–H and O–H groups in total. The maximum absolute atomic E-state index is 4.28. The van der Waals surface area contributed by atoms with Gasteiger partial charge in [0.15, 0.2) is 0 Å². The lowest BCUT2D eigenvalue weighted by Gasteiger charge is -2.33. The summed E-state index contributed by atoms with van der Waals surface area (Å²) in [7, 11) is 2.05. The lowest BCUT2D eigenvalue weighted by Crippen LogP contribution is -2.25. The summed E-state index contributed by atoms with van der Waals surface area (Å²) in [5.74, 6) is 0.696. The van der Waals surface area contributed by atoms with Gasteiger partial charge >= 0.3 is 0 Å². The van der Waals surface area contributed by atoms with Crippen LogP contribution in [0.25, 0.3) is 0 Å². The van der Waals surface area contributed by atoms with Gasteiger partial charge in [-0.2, -0.15) is 0 Å². The third kappa shape index (κ3) is 2.41. The van der Waals surface area contributed by atoms with E-state index in [2.05, 4.69) is 53.6 Å². The van der Waals surface area contributed by atoms with Crippen molar-refractivity contribution >= 4 is 0 Å². The van der Waals surface area contributed by atoms with E-state index in [1.807, 2.05) is 13.2 Å². The standard InChI is InChI=1S/C17H20N2/c1-12-9-14(7-8-19-12)17(18-2)11-15-10-13-5-3-4-6-16(13)15/h3-9,15,17-18H,10-11H2,1-2H3. The van der Waals surface area contributed by atoms with Crippen LogP contribution in [0.4, 0.5) is 0 Å². The molecule has 0 amide bonds. The van der Waals surface area contributed by atoms with Crippen LogP contribution in [-0.2, 0) is 6.42 Å². The molecule has 0 radical (unpaired) electrons. The van der Waals surface area contributed by atoms with Crippen LogP contribution in [0.1, 0.15) is 40.8 Å². The van der Waals surface area contributed by atoms with Gasteiger partial charge in [0.05, 0.1) is 0 Å². The molecule has 0 saturated carbocycles. The van der Waals surface area contributed by atoms with Crippen LogP contribution in [0, 0.1) is 6.92 Å². The fraction of sp³-hybridized carbons (Fsp3) is 0.353. The lowest BCUT2D eigenvalue weighted by atomic mass is 9.74. The average molecular weight is 252 g/mol. The molecule has 1 aromatic carbocycles. The van der Waals surface area contributed by atoms with Gasteiger partial charge in [-0.1, -0.05) is 24.3 Å². The van der Waals surface area contributed by atoms with Gasteiger partial charge in [0.25, 0.3) is 0 Å². The van der Waals surface area contributed by atoms with Crippen LogP contribution in [-0.4, -0.2) is 12.0 Å². The number of nitrogens with zero attached hydrogens (tertiary/aromatic N) is 1. The summed E-state index contributed by atoms with van der Waals surface area (Å²) in [6.45, 7) is 2.05. The van der Waals surface area contributed by atoms with E-state index in [1.165, 1.54) is 23.1 Å². The largest absolute Gasteiger partial charge is 0.313 e. The first kappa shape index (κ1) is 12.4. The Morgan fingerprint density at radius 2 is 2.16 bits per heavy atom. The topological polar surface area (TPSA) is 24.9 Å². The highest BCUT2D eigenvalue weighted by atomic mass is 14.9. The van der Waals surface area contributed by atoms with E-state index in [1.54, 1.807) is 0 Å². The van der Waals surface area contributed by atoms with Crippen LogP contribution in [0.15, 0.2) is 42.6 Å². The molecular weight excluding hydrogens is 232 g/mol. The first-order valence-electron chi connectivity index (χ1n) is 6.95. The third-order valence-electron chi connectivity index (χ3n) is 4.15. The summed E-state index contributed by atoms with van der Waals surface area (Å²) >= 11 is 0. The van der Waals surface area contributed by atoms with E-state index in [-0.39, 0.29) is 0 Å². The molecule has 1 aromatic heterocycles. The number of fused-ring (bicyclic) bond motifs is 1. The molecule has 1 heterocycles. The number of hydrogen-bond acceptors (Lipinski definition) is 2. The van der Waals surface area contributed by atoms with Crippen LogP contribution >= 0.6 is 0 Å². The van der Waals surface area contributed by atoms with Gasteiger partial charge in [0.1, 0.15) is 0 Å². The second-order valence-electron chi connectivity index (χ2n) is 5.41. The molecule has 19 heavy (non-hydrogen) atoms. The van der Waals surface area contributed by atoms with Gasteiger partial charge in [-0.3, -0.25) is 4.98 Å². The Morgan fingerprint density at radius 1 is 1.32 bits per heavy atom. The minimum atomic E-state index is 0.417. The lowest BCUT2D eigenvalue weighted by molar-refractivity contribution is 0.452. The summed E-state index contributed by atoms with van der Waals surface area (Å²) in [6, 6.07) is 13.5. The Bertz CT molecular complexity index is 577. The van der Waals surface area contributed by atoms with Gasteiger partial charge < -0.3 is 5.32 Å². The zero-order valence-electron chi connectivity index (χ0n) is 11.6. The van der Waals surface area contributed by atoms with E-state index in [4.69, 9.17) is 0 Å². The molecule has 0 spiro atoms. The van der Waals surface area contributed by atoms with Crippen LogP contribution in [0.3, 0.4) is 0 Å². The van der Waals surface area contributed by atoms with Crippen molar-refractivity contribution in [3.8, 4) is 0 Å². The molecule has 3 rings (SSSR count). The fourth-order valence-electron chi connectivity index (χ4n) is 3.06. The Morgan fingerprint density at radius 3 is 2.89 bits per heavy atom. The third-order valence-corrected chi connectivity index (χ3v) is 4.15. The fourth-order valence-corrected chi connectivity index (χ4v) is 3.06. The summed E-state index contributed by atoms with van der Waals surface area (Å²) in [5.41, 5.74) is 5.49. The Labute approximate surface area is 114 Å². The Kier molecular flexibility index (Phi) is 3.34. The van der Waals surface area contributed by atoms with Crippen molar-refractivity contribution in [2.75, 3.05) is 7.05 Å². The van der Waals surface area contributed by atoms with Gasteiger partial charge in [-0.05, 0) is 61.6 Å². The predicted molar refractivity (Wildman–Crippen MR) is 78.3 cm³/mol. The highest BCUT2D eigenvalue weighted by Crippen LogP contribution is 2.40. The molecule has 0 saturated heterocycles. The van der Waals surface area contributed by atoms with Crippen LogP contribution < -0.4 is 5.32 Å². The maximum Gasteiger partial charge on any atom is 0.0375 e. The van der Waals surface area contributed by atoms with Crippen molar-refractivity contribution in [1.82, 2.24) is 10.3 Å². The number of aromatic nitrogens is 1. The monoisotopic (exact) mass is 252 g/mol. The Balaban J connectivity index is 1.76. The first-order chi connectivity index (χ1) is 9.28. The average Bonchev–Trinajstić information content (AvgIpc) is 2.40. The molecule has 1 aliphatic carbocycles. The van der Waals surface area contributed by atoms with Crippen molar-refractivity contribution in [1.29, 1.82) is 0 Å². The summed E-state index contributed by atoms with van der Waals surface area (Å²) < 4.78 is 0. The normalized spacial score (nSPS) is 18.5. The number of aryl methyl sites for hydroxylation is 1. The molecule has 2 nitrogen and oxygen atoms in total. The zero-order chi connectivity index (χ0) is 13.2. The maximum atomic E-state index is 4.28. The quantitative estimate of drug-likeness (QED) is 0.902. The van der Waals surface area contributed by atoms with E-state index in [9.17, 15) is 0 Å². The highest BCUT2D eigenvalue weighted by molar-refractivity contribution is 5.40. The van der Waals surface area contributed by atoms with Crippen molar-refractivity contribution in [3.05, 3.63) is 65.0 Å². The van der Waals surface area contributed by atoms with Gasteiger partial charge in [0, 0.05) is 17.9 Å². The van der Waals surface area contributed by atoms with Gasteiger partial charge in [-0.25, -0.2) is 0 Å². The van der Waals surface area contributed by atoms with Crippen molar-refractivity contribution in [3.63, 3.8) is 0 Å². The van der Waals surface area contributed by atoms with Gasteiger partial charge in [-0.15, -0.1) is 0 Å². The van der Waals surface area contributed by atoms with Crippen LogP contribution in [0.5, 0.6) is 0 Å². The highest BCUT2D eigenvalue weighted by Gasteiger charge is 2.28. The molecule has 2 aromatic rings. The molecule has 2 unspecified atom stereocenters. The van der Waals surface area contributed by atoms with E-state index >= 15 is 0 Å². The second kappa shape index (κ2) is 5.14. The predicted octanol–water partition coefficient (Wildman–Crippen LogP) is 3.38. The number of pyridine rings is 1. The van der Waals surface area contributed by atoms with Crippen molar-refractivity contribution in [2.45, 2.75) is 31.7 Å². The SMILES string of the molecule is CNC(CC1Cc2ccccc21)c1ccnc(C)c1. The van der Waals surface area contributed by atoms with Gasteiger partial charge in [0.2, 0.25) is 0 Å². The summed E-state index contributed by atoms with van der Waals surface area (Å²) in [6.07, 6.45) is 4.29. The first-order valence-corrected chi connectivity index (χ1v) is 6.95. The molecule has 0 bridgehead atoms. The molecule has 0 aliphatic heterocycles. The number of nitrogens with one attached hydrogen (secondary N) is 1. The molecule has 0 fully saturated rings. The second-order valence-corrected chi connectivity index (χ2v) is 5.41. The zero-order valence-corrected chi connectivity index (χ0v) is 11.6. The minimum Gasteiger partial charge on any atom is -0.313 e. The summed E-state index contributed by atoms with van der Waals surface area (Å²) in [5, 5.41) is 3.45. The summed E-state index contributed by atoms with van der Waals surface area (Å²) in [4.78, 5) is 4.28. The minimum absolute atomic E-state index is 0.417. The number of hydrogen-bond donors (Lipinski definition) is 1. The molecule has 2 heteroatoms. The number of rotatable bonds is 4. The number of benzene rings is 1. The van der Waals surface area contributed by atoms with Crippen LogP contribution in [0.2, 0.25) is 0 Å².